The van der Waals surface area contributed by atoms with Crippen molar-refractivity contribution in [1.82, 2.24) is 0 Å². The Morgan fingerprint density at radius 2 is 1.19 bits per heavy atom. The Hall–Kier alpha value is -2.58. The third kappa shape index (κ3) is 8.24. The van der Waals surface area contributed by atoms with E-state index in [0.717, 1.165) is 6.92 Å². The van der Waals surface area contributed by atoms with Crippen molar-refractivity contribution in [3.05, 3.63) is 0 Å². The van der Waals surface area contributed by atoms with Gasteiger partial charge in [0.2, 0.25) is 0 Å². The van der Waals surface area contributed by atoms with Gasteiger partial charge in [0.1, 0.15) is 11.4 Å². The van der Waals surface area contributed by atoms with Crippen molar-refractivity contribution in [2.24, 2.45) is 15.5 Å². The Morgan fingerprint density at radius 1 is 0.762 bits per heavy atom. The van der Waals surface area contributed by atoms with E-state index in [1.807, 2.05) is 0 Å². The van der Waals surface area contributed by atoms with Crippen molar-refractivity contribution >= 4 is 35.0 Å². The van der Waals surface area contributed by atoms with E-state index in [0.29, 0.717) is 6.42 Å². The molecule has 0 aromatic rings. The third-order valence-electron chi connectivity index (χ3n) is 1.81. The van der Waals surface area contributed by atoms with E-state index in [2.05, 4.69) is 30.0 Å². The summed E-state index contributed by atoms with van der Waals surface area (Å²) < 4.78 is 0. The van der Waals surface area contributed by atoms with Crippen LogP contribution in [0.25, 0.3) is 0 Å². The van der Waals surface area contributed by atoms with Crippen LogP contribution in [0.2, 0.25) is 0 Å². The Labute approximate surface area is 121 Å². The fraction of sp³-hybridized carbons (Fsp3) is 0.500. The molecule has 0 rings (SSSR count). The van der Waals surface area contributed by atoms with E-state index < -0.39 is 17.9 Å². The second-order valence-electron chi connectivity index (χ2n) is 3.76. The van der Waals surface area contributed by atoms with Crippen LogP contribution in [0.1, 0.15) is 41.0 Å². The number of nitrogens with zero attached hydrogens (tertiary/aromatic N) is 3. The summed E-state index contributed by atoms with van der Waals surface area (Å²) in [6.07, 6.45) is 0.306. The van der Waals surface area contributed by atoms with E-state index in [1.165, 1.54) is 20.8 Å². The molecule has 9 heteroatoms. The molecule has 0 spiro atoms. The summed E-state index contributed by atoms with van der Waals surface area (Å²) in [7, 11) is 0. The maximum absolute atomic E-state index is 10.8. The quantitative estimate of drug-likeness (QED) is 0.413. The van der Waals surface area contributed by atoms with Crippen molar-refractivity contribution in [1.29, 1.82) is 0 Å². The highest BCUT2D eigenvalue weighted by atomic mass is 16.7. The van der Waals surface area contributed by atoms with Gasteiger partial charge in [-0.05, 0) is 13.3 Å². The van der Waals surface area contributed by atoms with Crippen LogP contribution in [0.3, 0.4) is 0 Å². The van der Waals surface area contributed by atoms with E-state index in [4.69, 9.17) is 0 Å². The molecule has 0 N–H and O–H groups in total. The zero-order valence-electron chi connectivity index (χ0n) is 12.5. The monoisotopic (exact) mass is 299 g/mol. The molecule has 0 bridgehead atoms. The second kappa shape index (κ2) is 9.34. The van der Waals surface area contributed by atoms with Gasteiger partial charge in [0, 0.05) is 20.8 Å². The standard InChI is InChI=1S/C12H17N3O6/c1-6-11(14-20-9(4)17)12(15-21-10(5)18)7(2)13-19-8(3)16/h6H2,1-5H3/b13-7+,14-11+,15-12-. The van der Waals surface area contributed by atoms with Crippen LogP contribution in [0.4, 0.5) is 0 Å². The molecule has 0 aromatic carbocycles. The molecule has 0 radical (unpaired) electrons. The molecule has 0 aliphatic heterocycles. The summed E-state index contributed by atoms with van der Waals surface area (Å²) in [5.41, 5.74) is 0.342. The molecule has 0 aliphatic carbocycles. The molecule has 21 heavy (non-hydrogen) atoms. The number of carbonyl (C=O) groups is 3. The highest BCUT2D eigenvalue weighted by Gasteiger charge is 2.16. The van der Waals surface area contributed by atoms with Crippen LogP contribution in [0.5, 0.6) is 0 Å². The van der Waals surface area contributed by atoms with Gasteiger partial charge >= 0.3 is 17.9 Å². The summed E-state index contributed by atoms with van der Waals surface area (Å²) in [5.74, 6) is -1.91. The molecule has 116 valence electrons. The minimum Gasteiger partial charge on any atom is -0.318 e. The maximum atomic E-state index is 10.8. The molecular weight excluding hydrogens is 282 g/mol. The van der Waals surface area contributed by atoms with Crippen LogP contribution < -0.4 is 0 Å². The van der Waals surface area contributed by atoms with Crippen LogP contribution in [-0.4, -0.2) is 35.0 Å². The van der Waals surface area contributed by atoms with Gasteiger partial charge in [0.25, 0.3) is 0 Å². The van der Waals surface area contributed by atoms with Crippen molar-refractivity contribution in [2.45, 2.75) is 41.0 Å². The van der Waals surface area contributed by atoms with Crippen molar-refractivity contribution < 1.29 is 28.9 Å². The first kappa shape index (κ1) is 18.4. The summed E-state index contributed by atoms with van der Waals surface area (Å²) >= 11 is 0. The smallest absolute Gasteiger partial charge is 0.318 e. The van der Waals surface area contributed by atoms with Gasteiger partial charge < -0.3 is 14.5 Å². The van der Waals surface area contributed by atoms with E-state index >= 15 is 0 Å². The normalized spacial score (nSPS) is 12.7. The van der Waals surface area contributed by atoms with Gasteiger partial charge in [-0.15, -0.1) is 0 Å². The molecular formula is C12H17N3O6. The fourth-order valence-electron chi connectivity index (χ4n) is 1.01. The third-order valence-corrected chi connectivity index (χ3v) is 1.81. The largest absolute Gasteiger partial charge is 0.332 e. The van der Waals surface area contributed by atoms with E-state index in [1.54, 1.807) is 6.92 Å². The SMILES string of the molecule is CCC(=N\OC(C)=O)/C(=N\OC(C)=O)C(/C)=N/OC(C)=O. The topological polar surface area (TPSA) is 116 Å². The Kier molecular flexibility index (Phi) is 8.20. The first-order valence-electron chi connectivity index (χ1n) is 6.00. The average Bonchev–Trinajstić information content (AvgIpc) is 2.39. The zero-order valence-corrected chi connectivity index (χ0v) is 12.5. The molecule has 0 amide bonds. The van der Waals surface area contributed by atoms with Crippen LogP contribution in [-0.2, 0) is 28.9 Å². The van der Waals surface area contributed by atoms with Gasteiger partial charge in [0.05, 0.1) is 0 Å². The second-order valence-corrected chi connectivity index (χ2v) is 3.76. The minimum atomic E-state index is -0.657. The average molecular weight is 299 g/mol. The van der Waals surface area contributed by atoms with Crippen molar-refractivity contribution in [3.8, 4) is 0 Å². The highest BCUT2D eigenvalue weighted by Crippen LogP contribution is 1.99. The lowest BCUT2D eigenvalue weighted by atomic mass is 10.1. The predicted molar refractivity (Wildman–Crippen MR) is 73.6 cm³/mol. The van der Waals surface area contributed by atoms with Crippen LogP contribution in [0.15, 0.2) is 15.5 Å². The summed E-state index contributed by atoms with van der Waals surface area (Å²) in [6, 6.07) is 0. The summed E-state index contributed by atoms with van der Waals surface area (Å²) in [4.78, 5) is 45.9. The van der Waals surface area contributed by atoms with Crippen LogP contribution in [0, 0.1) is 0 Å². The molecule has 0 fully saturated rings. The van der Waals surface area contributed by atoms with Crippen molar-refractivity contribution in [3.63, 3.8) is 0 Å². The molecule has 0 heterocycles. The number of rotatable bonds is 6. The van der Waals surface area contributed by atoms with Gasteiger partial charge in [-0.2, -0.15) is 0 Å². The summed E-state index contributed by atoms with van der Waals surface area (Å²) in [6.45, 7) is 6.69. The molecule has 0 saturated heterocycles. The first-order chi connectivity index (χ1) is 9.77. The summed E-state index contributed by atoms with van der Waals surface area (Å²) in [5, 5.41) is 10.7. The van der Waals surface area contributed by atoms with E-state index in [9.17, 15) is 14.4 Å². The zero-order chi connectivity index (χ0) is 16.4. The number of oxime groups is 3. The first-order valence-corrected chi connectivity index (χ1v) is 6.00. The van der Waals surface area contributed by atoms with Gasteiger partial charge in [-0.25, -0.2) is 14.4 Å². The predicted octanol–water partition coefficient (Wildman–Crippen LogP) is 1.17. The van der Waals surface area contributed by atoms with Gasteiger partial charge in [-0.3, -0.25) is 0 Å². The highest BCUT2D eigenvalue weighted by molar-refractivity contribution is 6.68. The lowest BCUT2D eigenvalue weighted by Gasteiger charge is -2.06. The molecule has 0 aliphatic rings. The molecule has 0 unspecified atom stereocenters. The Balaban J connectivity index is 5.47. The maximum Gasteiger partial charge on any atom is 0.332 e. The Bertz CT molecular complexity index is 507. The molecule has 0 aromatic heterocycles. The van der Waals surface area contributed by atoms with Gasteiger partial charge in [-0.1, -0.05) is 22.4 Å². The molecule has 0 atom stereocenters. The number of hydrogen-bond acceptors (Lipinski definition) is 9. The minimum absolute atomic E-state index is 0.0233. The fourth-order valence-corrected chi connectivity index (χ4v) is 1.01. The molecule has 9 nitrogen and oxygen atoms in total. The molecule has 0 saturated carbocycles. The lowest BCUT2D eigenvalue weighted by Crippen LogP contribution is -2.24. The van der Waals surface area contributed by atoms with Crippen LogP contribution >= 0.6 is 0 Å². The lowest BCUT2D eigenvalue weighted by molar-refractivity contribution is -0.142. The van der Waals surface area contributed by atoms with Crippen molar-refractivity contribution in [2.75, 3.05) is 0 Å². The van der Waals surface area contributed by atoms with Gasteiger partial charge in [0.15, 0.2) is 5.71 Å². The Morgan fingerprint density at radius 3 is 1.62 bits per heavy atom. The number of carbonyl (C=O) groups excluding carboxylic acids is 3. The number of hydrogen-bond donors (Lipinski definition) is 0. The van der Waals surface area contributed by atoms with E-state index in [-0.39, 0.29) is 17.1 Å².